The molecule has 4 aromatic heterocycles. The van der Waals surface area contributed by atoms with Gasteiger partial charge in [0.1, 0.15) is 11.7 Å². The minimum Gasteiger partial charge on any atom is -0.374 e. The predicted octanol–water partition coefficient (Wildman–Crippen LogP) is 6.26. The molecule has 6 nitrogen and oxygen atoms in total. The van der Waals surface area contributed by atoms with Crippen LogP contribution in [0.1, 0.15) is 9.75 Å². The van der Waals surface area contributed by atoms with Crippen molar-refractivity contribution in [2.75, 3.05) is 10.6 Å². The summed E-state index contributed by atoms with van der Waals surface area (Å²) in [5.41, 5.74) is 3.99. The number of hydrogen-bond acceptors (Lipinski definition) is 4. The standard InChI is InChI=1S/C26H21BN6S2/c28-25(23-3-1-13-34-23)30-19-7-5-17-9-11-32(21(17)15-19)27-33-12-10-18-6-8-20(16-22(18)33)31-26(29)24-4-2-14-35-24/h1-16,27H,(H2,28,30)(H2,29,31). The van der Waals surface area contributed by atoms with E-state index in [0.717, 1.165) is 42.9 Å². The van der Waals surface area contributed by atoms with Crippen molar-refractivity contribution in [1.29, 1.82) is 10.8 Å². The van der Waals surface area contributed by atoms with Crippen LogP contribution in [0, 0.1) is 10.8 Å². The molecule has 0 saturated carbocycles. The quantitative estimate of drug-likeness (QED) is 0.126. The number of fused-ring (bicyclic) bond motifs is 2. The maximum atomic E-state index is 8.34. The first-order valence-corrected chi connectivity index (χ1v) is 12.9. The maximum absolute atomic E-state index is 8.34. The number of nitrogens with one attached hydrogen (secondary N) is 4. The van der Waals surface area contributed by atoms with Crippen molar-refractivity contribution >= 4 is 75.1 Å². The number of hydrogen-bond donors (Lipinski definition) is 4. The van der Waals surface area contributed by atoms with Gasteiger partial charge in [0.2, 0.25) is 0 Å². The Kier molecular flexibility index (Phi) is 5.48. The van der Waals surface area contributed by atoms with Crippen LogP contribution in [0.3, 0.4) is 0 Å². The van der Waals surface area contributed by atoms with Crippen molar-refractivity contribution in [2.45, 2.75) is 0 Å². The molecule has 0 amide bonds. The van der Waals surface area contributed by atoms with E-state index in [1.54, 1.807) is 22.7 Å². The summed E-state index contributed by atoms with van der Waals surface area (Å²) < 4.78 is 4.42. The van der Waals surface area contributed by atoms with E-state index in [2.05, 4.69) is 68.4 Å². The van der Waals surface area contributed by atoms with Crippen LogP contribution in [-0.4, -0.2) is 28.2 Å². The smallest absolute Gasteiger partial charge is 0.365 e. The number of rotatable bonds is 6. The highest BCUT2D eigenvalue weighted by atomic mass is 32.1. The molecule has 170 valence electrons. The highest BCUT2D eigenvalue weighted by Crippen LogP contribution is 2.24. The van der Waals surface area contributed by atoms with Crippen molar-refractivity contribution < 1.29 is 0 Å². The summed E-state index contributed by atoms with van der Waals surface area (Å²) in [6.07, 6.45) is 4.19. The lowest BCUT2D eigenvalue weighted by Gasteiger charge is -2.11. The molecule has 0 unspecified atom stereocenters. The van der Waals surface area contributed by atoms with Crippen LogP contribution in [0.5, 0.6) is 0 Å². The lowest BCUT2D eigenvalue weighted by Crippen LogP contribution is -2.15. The zero-order valence-electron chi connectivity index (χ0n) is 18.7. The highest BCUT2D eigenvalue weighted by Gasteiger charge is 2.10. The van der Waals surface area contributed by atoms with Crippen LogP contribution in [-0.2, 0) is 0 Å². The molecule has 0 fully saturated rings. The molecule has 0 spiro atoms. The molecule has 2 aromatic carbocycles. The van der Waals surface area contributed by atoms with Gasteiger partial charge >= 0.3 is 7.55 Å². The van der Waals surface area contributed by atoms with Crippen molar-refractivity contribution in [1.82, 2.24) is 8.96 Å². The van der Waals surface area contributed by atoms with E-state index in [0.29, 0.717) is 19.2 Å². The van der Waals surface area contributed by atoms with Crippen LogP contribution in [0.4, 0.5) is 11.4 Å². The molecule has 0 atom stereocenters. The lowest BCUT2D eigenvalue weighted by molar-refractivity contribution is 1.17. The van der Waals surface area contributed by atoms with Crippen LogP contribution in [0.15, 0.2) is 96.0 Å². The Hall–Kier alpha value is -4.08. The maximum Gasteiger partial charge on any atom is 0.365 e. The third-order valence-electron chi connectivity index (χ3n) is 5.93. The van der Waals surface area contributed by atoms with Gasteiger partial charge in [-0.2, -0.15) is 0 Å². The minimum atomic E-state index is 0.405. The lowest BCUT2D eigenvalue weighted by atomic mass is 10.1. The van der Waals surface area contributed by atoms with Gasteiger partial charge in [-0.1, -0.05) is 24.3 Å². The Morgan fingerprint density at radius 1 is 0.657 bits per heavy atom. The fourth-order valence-electron chi connectivity index (χ4n) is 4.19. The van der Waals surface area contributed by atoms with Crippen LogP contribution < -0.4 is 10.6 Å². The number of thiophene rings is 2. The second kappa shape index (κ2) is 8.94. The van der Waals surface area contributed by atoms with E-state index in [4.69, 9.17) is 10.8 Å². The summed E-state index contributed by atoms with van der Waals surface area (Å²) >= 11 is 3.11. The zero-order valence-corrected chi connectivity index (χ0v) is 20.3. The van der Waals surface area contributed by atoms with E-state index in [1.807, 2.05) is 47.2 Å². The Bertz CT molecular complexity index is 1540. The molecular weight excluding hydrogens is 471 g/mol. The van der Waals surface area contributed by atoms with Gasteiger partial charge in [0, 0.05) is 22.4 Å². The van der Waals surface area contributed by atoms with Gasteiger partial charge in [-0.25, -0.2) is 0 Å². The zero-order chi connectivity index (χ0) is 23.8. The number of nitrogens with zero attached hydrogens (tertiary/aromatic N) is 2. The summed E-state index contributed by atoms with van der Waals surface area (Å²) in [4.78, 5) is 1.83. The van der Waals surface area contributed by atoms with Gasteiger partial charge in [-0.15, -0.1) is 22.7 Å². The monoisotopic (exact) mass is 492 g/mol. The molecule has 6 aromatic rings. The summed E-state index contributed by atoms with van der Waals surface area (Å²) in [6.45, 7) is 0. The molecule has 9 heteroatoms. The van der Waals surface area contributed by atoms with Crippen molar-refractivity contribution in [3.8, 4) is 0 Å². The first-order valence-electron chi connectivity index (χ1n) is 11.1. The van der Waals surface area contributed by atoms with E-state index in [9.17, 15) is 0 Å². The molecule has 0 radical (unpaired) electrons. The summed E-state index contributed by atoms with van der Waals surface area (Å²) in [5, 5.41) is 29.4. The van der Waals surface area contributed by atoms with Gasteiger partial charge < -0.3 is 19.6 Å². The van der Waals surface area contributed by atoms with E-state index in [1.165, 1.54) is 0 Å². The molecular formula is C26H21BN6S2. The number of benzene rings is 2. The number of aromatic nitrogens is 2. The van der Waals surface area contributed by atoms with Gasteiger partial charge in [0.15, 0.2) is 0 Å². The topological polar surface area (TPSA) is 81.6 Å². The highest BCUT2D eigenvalue weighted by molar-refractivity contribution is 7.12. The first kappa shape index (κ1) is 21.5. The summed E-state index contributed by atoms with van der Waals surface area (Å²) in [7, 11) is 0.657. The molecule has 0 bridgehead atoms. The normalized spacial score (nSPS) is 11.1. The molecule has 0 saturated heterocycles. The van der Waals surface area contributed by atoms with Crippen molar-refractivity contribution in [3.05, 3.63) is 106 Å². The largest absolute Gasteiger partial charge is 0.374 e. The molecule has 0 aliphatic carbocycles. The predicted molar refractivity (Wildman–Crippen MR) is 151 cm³/mol. The molecule has 6 rings (SSSR count). The van der Waals surface area contributed by atoms with Gasteiger partial charge in [0.05, 0.1) is 9.75 Å². The molecule has 4 N–H and O–H groups in total. The van der Waals surface area contributed by atoms with Crippen LogP contribution in [0.25, 0.3) is 21.8 Å². The fourth-order valence-corrected chi connectivity index (χ4v) is 5.45. The van der Waals surface area contributed by atoms with Crippen molar-refractivity contribution in [2.24, 2.45) is 0 Å². The molecule has 35 heavy (non-hydrogen) atoms. The van der Waals surface area contributed by atoms with Gasteiger partial charge in [0.25, 0.3) is 0 Å². The Morgan fingerprint density at radius 3 is 1.57 bits per heavy atom. The Labute approximate surface area is 210 Å². The molecule has 4 heterocycles. The van der Waals surface area contributed by atoms with Crippen LogP contribution >= 0.6 is 22.7 Å². The van der Waals surface area contributed by atoms with Gasteiger partial charge in [-0.05, 0) is 82.5 Å². The summed E-state index contributed by atoms with van der Waals surface area (Å²) in [6, 6.07) is 24.4. The van der Waals surface area contributed by atoms with E-state index >= 15 is 0 Å². The van der Waals surface area contributed by atoms with Crippen LogP contribution in [0.2, 0.25) is 0 Å². The average Bonchev–Trinajstić information content (AvgIpc) is 3.67. The molecule has 0 aliphatic rings. The fraction of sp³-hybridized carbons (Fsp3) is 0. The SMILES string of the molecule is N=C(Nc1ccc2ccn(Bn3ccc4ccc(NC(=N)c5cccs5)cc43)c2c1)c1cccs1. The second-order valence-corrected chi connectivity index (χ2v) is 10.1. The average molecular weight is 492 g/mol. The third kappa shape index (κ3) is 4.27. The Balaban J connectivity index is 1.27. The van der Waals surface area contributed by atoms with E-state index in [-0.39, 0.29) is 0 Å². The second-order valence-electron chi connectivity index (χ2n) is 8.21. The minimum absolute atomic E-state index is 0.405. The first-order chi connectivity index (χ1) is 17.1. The Morgan fingerprint density at radius 2 is 1.14 bits per heavy atom. The molecule has 0 aliphatic heterocycles. The summed E-state index contributed by atoms with van der Waals surface area (Å²) in [5.74, 6) is 0.809. The van der Waals surface area contributed by atoms with Gasteiger partial charge in [-0.3, -0.25) is 10.8 Å². The number of amidine groups is 2. The van der Waals surface area contributed by atoms with Crippen molar-refractivity contribution in [3.63, 3.8) is 0 Å². The third-order valence-corrected chi connectivity index (χ3v) is 7.70. The van der Waals surface area contributed by atoms with E-state index < -0.39 is 0 Å². The number of anilines is 2.